The molecule has 2 nitrogen and oxygen atoms in total. The van der Waals surface area contributed by atoms with Crippen molar-refractivity contribution in [3.05, 3.63) is 56.9 Å². The van der Waals surface area contributed by atoms with Gasteiger partial charge < -0.3 is 10.2 Å². The quantitative estimate of drug-likeness (QED) is 0.560. The van der Waals surface area contributed by atoms with Crippen molar-refractivity contribution in [3.63, 3.8) is 0 Å². The van der Waals surface area contributed by atoms with E-state index in [9.17, 15) is 13.2 Å². The molecule has 0 fully saturated rings. The second kappa shape index (κ2) is 9.02. The maximum Gasteiger partial charge on any atom is 0.418 e. The average Bonchev–Trinajstić information content (AvgIpc) is 3.11. The van der Waals surface area contributed by atoms with Gasteiger partial charge in [-0.15, -0.1) is 11.3 Å². The Morgan fingerprint density at radius 3 is 2.67 bits per heavy atom. The van der Waals surface area contributed by atoms with Gasteiger partial charge in [0.05, 0.1) is 16.3 Å². The van der Waals surface area contributed by atoms with Crippen molar-refractivity contribution in [3.8, 4) is 0 Å². The molecule has 0 radical (unpaired) electrons. The number of allylic oxidation sites excluding steroid dienone is 1. The molecular weight excluding hydrogens is 393 g/mol. The number of hydrogen-bond acceptors (Lipinski definition) is 3. The first kappa shape index (κ1) is 21.6. The lowest BCUT2D eigenvalue weighted by molar-refractivity contribution is -0.136. The van der Waals surface area contributed by atoms with Crippen LogP contribution < -0.4 is 10.2 Å². The van der Waals surface area contributed by atoms with Crippen LogP contribution in [0.5, 0.6) is 0 Å². The van der Waals surface area contributed by atoms with Crippen molar-refractivity contribution in [2.24, 2.45) is 0 Å². The minimum Gasteiger partial charge on any atom is -0.367 e. The van der Waals surface area contributed by atoms with E-state index < -0.39 is 11.7 Å². The third-order valence-electron chi connectivity index (χ3n) is 4.28. The number of nitrogens with one attached hydrogen (secondary N) is 1. The molecule has 0 saturated carbocycles. The molecule has 2 aromatic rings. The zero-order chi connectivity index (χ0) is 20.2. The summed E-state index contributed by atoms with van der Waals surface area (Å²) in [7, 11) is 0. The lowest BCUT2D eigenvalue weighted by Crippen LogP contribution is -2.29. The Balaban J connectivity index is 0.00000126. The van der Waals surface area contributed by atoms with Gasteiger partial charge in [0.25, 0.3) is 0 Å². The Labute approximate surface area is 167 Å². The summed E-state index contributed by atoms with van der Waals surface area (Å²) in [6, 6.07) is 4.80. The zero-order valence-electron chi connectivity index (χ0n) is 15.7. The molecule has 1 N–H and O–H groups in total. The molecule has 27 heavy (non-hydrogen) atoms. The fourth-order valence-corrected chi connectivity index (χ4v) is 4.01. The Kier molecular flexibility index (Phi) is 7.23. The first-order chi connectivity index (χ1) is 12.8. The van der Waals surface area contributed by atoms with Crippen molar-refractivity contribution in [2.45, 2.75) is 46.3 Å². The van der Waals surface area contributed by atoms with Crippen LogP contribution in [0.2, 0.25) is 5.02 Å². The molecular formula is C20H24ClF3N2S. The number of nitrogens with zero attached hydrogens (tertiary/aromatic N) is 1. The summed E-state index contributed by atoms with van der Waals surface area (Å²) in [6.07, 6.45) is -3.15. The SMILES string of the molecule is C=C(CC)Nc1c(Cl)cc(N2CCc3sccc3C2)cc1C(F)(F)F.CC. The molecule has 0 saturated heterocycles. The highest BCUT2D eigenvalue weighted by atomic mass is 35.5. The summed E-state index contributed by atoms with van der Waals surface area (Å²) in [6.45, 7) is 10.8. The summed E-state index contributed by atoms with van der Waals surface area (Å²) in [5.41, 5.74) is 1.25. The molecule has 0 bridgehead atoms. The predicted molar refractivity (Wildman–Crippen MR) is 110 cm³/mol. The van der Waals surface area contributed by atoms with Gasteiger partial charge in [-0.05, 0) is 42.0 Å². The topological polar surface area (TPSA) is 15.3 Å². The highest BCUT2D eigenvalue weighted by molar-refractivity contribution is 7.10. The number of alkyl halides is 3. The Hall–Kier alpha value is -1.66. The molecule has 0 amide bonds. The second-order valence-corrected chi connectivity index (χ2v) is 7.38. The van der Waals surface area contributed by atoms with Gasteiger partial charge in [0.15, 0.2) is 0 Å². The summed E-state index contributed by atoms with van der Waals surface area (Å²) >= 11 is 7.90. The van der Waals surface area contributed by atoms with E-state index in [-0.39, 0.29) is 10.7 Å². The molecule has 0 aliphatic carbocycles. The van der Waals surface area contributed by atoms with Crippen LogP contribution >= 0.6 is 22.9 Å². The molecule has 1 aromatic carbocycles. The van der Waals surface area contributed by atoms with Crippen LogP contribution in [0.25, 0.3) is 0 Å². The maximum atomic E-state index is 13.6. The van der Waals surface area contributed by atoms with E-state index in [2.05, 4.69) is 11.9 Å². The van der Waals surface area contributed by atoms with E-state index in [0.717, 1.165) is 6.42 Å². The Morgan fingerprint density at radius 2 is 2.04 bits per heavy atom. The smallest absolute Gasteiger partial charge is 0.367 e. The second-order valence-electron chi connectivity index (χ2n) is 5.97. The number of rotatable bonds is 4. The minimum absolute atomic E-state index is 0.0514. The van der Waals surface area contributed by atoms with Crippen LogP contribution in [0.3, 0.4) is 0 Å². The Morgan fingerprint density at radius 1 is 1.33 bits per heavy atom. The van der Waals surface area contributed by atoms with Crippen molar-refractivity contribution in [2.75, 3.05) is 16.8 Å². The van der Waals surface area contributed by atoms with Gasteiger partial charge in [-0.2, -0.15) is 13.2 Å². The highest BCUT2D eigenvalue weighted by Crippen LogP contribution is 2.43. The largest absolute Gasteiger partial charge is 0.418 e. The molecule has 0 spiro atoms. The van der Waals surface area contributed by atoms with Crippen molar-refractivity contribution in [1.29, 1.82) is 0 Å². The van der Waals surface area contributed by atoms with Gasteiger partial charge in [0.2, 0.25) is 0 Å². The number of thiophene rings is 1. The van der Waals surface area contributed by atoms with Crippen LogP contribution in [0.4, 0.5) is 24.5 Å². The fourth-order valence-electron chi connectivity index (χ4n) is 2.86. The molecule has 7 heteroatoms. The van der Waals surface area contributed by atoms with E-state index in [1.807, 2.05) is 37.1 Å². The van der Waals surface area contributed by atoms with Crippen LogP contribution in [0, 0.1) is 0 Å². The molecule has 148 valence electrons. The fraction of sp³-hybridized carbons (Fsp3) is 0.400. The van der Waals surface area contributed by atoms with Gasteiger partial charge in [0, 0.05) is 29.4 Å². The number of halogens is 4. The van der Waals surface area contributed by atoms with Gasteiger partial charge >= 0.3 is 6.18 Å². The van der Waals surface area contributed by atoms with E-state index in [1.165, 1.54) is 16.5 Å². The van der Waals surface area contributed by atoms with Gasteiger partial charge in [-0.3, -0.25) is 0 Å². The highest BCUT2D eigenvalue weighted by Gasteiger charge is 2.36. The number of fused-ring (bicyclic) bond motifs is 1. The lowest BCUT2D eigenvalue weighted by atomic mass is 10.1. The first-order valence-corrected chi connectivity index (χ1v) is 10.2. The van der Waals surface area contributed by atoms with Crippen LogP contribution in [0.15, 0.2) is 35.9 Å². The van der Waals surface area contributed by atoms with Crippen molar-refractivity contribution >= 4 is 34.3 Å². The molecule has 0 unspecified atom stereocenters. The number of benzene rings is 1. The molecule has 2 heterocycles. The maximum absolute atomic E-state index is 13.6. The average molecular weight is 417 g/mol. The summed E-state index contributed by atoms with van der Waals surface area (Å²) in [5, 5.41) is 4.78. The number of anilines is 2. The molecule has 1 aromatic heterocycles. The standard InChI is InChI=1S/C18H18ClF3N2S.C2H6/c1-3-11(2)23-17-14(18(20,21)22)8-13(9-15(17)19)24-6-4-16-12(10-24)5-7-25-16;1-2/h5,7-9,23H,2-4,6,10H2,1H3;1-2H3. The summed E-state index contributed by atoms with van der Waals surface area (Å²) < 4.78 is 40.7. The summed E-state index contributed by atoms with van der Waals surface area (Å²) in [5.74, 6) is 0. The van der Waals surface area contributed by atoms with Crippen LogP contribution in [-0.4, -0.2) is 6.54 Å². The first-order valence-electron chi connectivity index (χ1n) is 8.95. The van der Waals surface area contributed by atoms with Crippen LogP contribution in [0.1, 0.15) is 43.2 Å². The lowest BCUT2D eigenvalue weighted by Gasteiger charge is -2.30. The predicted octanol–water partition coefficient (Wildman–Crippen LogP) is 7.34. The van der Waals surface area contributed by atoms with E-state index in [4.69, 9.17) is 11.6 Å². The zero-order valence-corrected chi connectivity index (χ0v) is 17.3. The van der Waals surface area contributed by atoms with Crippen LogP contribution in [-0.2, 0) is 19.1 Å². The van der Waals surface area contributed by atoms with Crippen molar-refractivity contribution < 1.29 is 13.2 Å². The van der Waals surface area contributed by atoms with Gasteiger partial charge in [0.1, 0.15) is 0 Å². The van der Waals surface area contributed by atoms with E-state index >= 15 is 0 Å². The third kappa shape index (κ3) is 4.99. The Bertz CT molecular complexity index is 799. The summed E-state index contributed by atoms with van der Waals surface area (Å²) in [4.78, 5) is 3.24. The molecule has 1 aliphatic heterocycles. The molecule has 0 atom stereocenters. The monoisotopic (exact) mass is 416 g/mol. The van der Waals surface area contributed by atoms with E-state index in [1.54, 1.807) is 17.4 Å². The molecule has 3 rings (SSSR count). The third-order valence-corrected chi connectivity index (χ3v) is 5.60. The normalized spacial score (nSPS) is 13.5. The van der Waals surface area contributed by atoms with Gasteiger partial charge in [-0.25, -0.2) is 0 Å². The molecule has 1 aliphatic rings. The minimum atomic E-state index is -4.50. The van der Waals surface area contributed by atoms with Crippen molar-refractivity contribution in [1.82, 2.24) is 0 Å². The van der Waals surface area contributed by atoms with E-state index in [0.29, 0.717) is 30.9 Å². The van der Waals surface area contributed by atoms with Gasteiger partial charge in [-0.1, -0.05) is 39.0 Å². The number of hydrogen-bond donors (Lipinski definition) is 1.